The van der Waals surface area contributed by atoms with E-state index in [1.54, 1.807) is 32.2 Å². The van der Waals surface area contributed by atoms with Crippen molar-refractivity contribution >= 4 is 11.6 Å². The summed E-state index contributed by atoms with van der Waals surface area (Å²) in [7, 11) is 1.55. The summed E-state index contributed by atoms with van der Waals surface area (Å²) < 4.78 is 46.4. The predicted octanol–water partition coefficient (Wildman–Crippen LogP) is 3.78. The number of rotatable bonds is 5. The first-order chi connectivity index (χ1) is 13.8. The van der Waals surface area contributed by atoms with E-state index in [-0.39, 0.29) is 5.69 Å². The van der Waals surface area contributed by atoms with Crippen LogP contribution < -0.4 is 10.1 Å². The van der Waals surface area contributed by atoms with Crippen molar-refractivity contribution in [3.05, 3.63) is 47.8 Å². The molecule has 1 unspecified atom stereocenters. The van der Waals surface area contributed by atoms with Gasteiger partial charge in [0.15, 0.2) is 11.3 Å². The summed E-state index contributed by atoms with van der Waals surface area (Å²) >= 11 is 0. The quantitative estimate of drug-likeness (QED) is 0.703. The first-order valence-electron chi connectivity index (χ1n) is 9.15. The number of amides is 1. The number of methoxy groups -OCH3 is 1. The number of aryl methyl sites for hydroxylation is 1. The van der Waals surface area contributed by atoms with Crippen molar-refractivity contribution in [2.45, 2.75) is 32.0 Å². The lowest BCUT2D eigenvalue weighted by atomic mass is 10.1. The summed E-state index contributed by atoms with van der Waals surface area (Å²) in [6.45, 7) is 1.80. The van der Waals surface area contributed by atoms with Gasteiger partial charge >= 0.3 is 6.18 Å². The van der Waals surface area contributed by atoms with Gasteiger partial charge in [0.1, 0.15) is 11.8 Å². The molecular formula is C20H19F3N4O2. The lowest BCUT2D eigenvalue weighted by molar-refractivity contribution is -0.158. The number of ether oxygens (including phenoxy) is 1. The van der Waals surface area contributed by atoms with Crippen LogP contribution in [0.1, 0.15) is 28.9 Å². The van der Waals surface area contributed by atoms with Crippen LogP contribution in [0.15, 0.2) is 36.5 Å². The molecule has 1 fully saturated rings. The largest absolute Gasteiger partial charge is 0.497 e. The van der Waals surface area contributed by atoms with Gasteiger partial charge in [-0.2, -0.15) is 18.3 Å². The maximum absolute atomic E-state index is 13.3. The van der Waals surface area contributed by atoms with Gasteiger partial charge < -0.3 is 10.1 Å². The molecule has 0 spiro atoms. The Morgan fingerprint density at radius 3 is 2.72 bits per heavy atom. The third-order valence-corrected chi connectivity index (χ3v) is 4.98. The summed E-state index contributed by atoms with van der Waals surface area (Å²) in [5, 5.41) is 6.57. The number of aromatic nitrogens is 3. The molecular weight excluding hydrogens is 385 g/mol. The summed E-state index contributed by atoms with van der Waals surface area (Å²) in [6, 6.07) is 7.17. The van der Waals surface area contributed by atoms with Crippen molar-refractivity contribution in [2.75, 3.05) is 7.11 Å². The molecule has 9 heteroatoms. The number of alkyl halides is 3. The molecule has 4 rings (SSSR count). The topological polar surface area (TPSA) is 68.5 Å². The average molecular weight is 404 g/mol. The highest BCUT2D eigenvalue weighted by atomic mass is 19.4. The first-order valence-corrected chi connectivity index (χ1v) is 9.15. The Morgan fingerprint density at radius 2 is 2.07 bits per heavy atom. The Labute approximate surface area is 164 Å². The highest BCUT2D eigenvalue weighted by molar-refractivity contribution is 5.93. The molecule has 1 aromatic carbocycles. The third kappa shape index (κ3) is 3.76. The number of nitrogens with zero attached hydrogens (tertiary/aromatic N) is 3. The zero-order chi connectivity index (χ0) is 20.8. The lowest BCUT2D eigenvalue weighted by Gasteiger charge is -2.21. The molecule has 1 saturated carbocycles. The molecule has 0 radical (unpaired) electrons. The predicted molar refractivity (Wildman–Crippen MR) is 99.7 cm³/mol. The number of benzene rings is 1. The van der Waals surface area contributed by atoms with Gasteiger partial charge in [0, 0.05) is 5.56 Å². The highest BCUT2D eigenvalue weighted by Crippen LogP contribution is 2.40. The molecule has 29 heavy (non-hydrogen) atoms. The number of halogens is 3. The Kier molecular flexibility index (Phi) is 4.68. The van der Waals surface area contributed by atoms with Crippen LogP contribution in [0.3, 0.4) is 0 Å². The fourth-order valence-corrected chi connectivity index (χ4v) is 3.31. The van der Waals surface area contributed by atoms with Crippen molar-refractivity contribution in [1.82, 2.24) is 19.9 Å². The minimum atomic E-state index is -4.49. The molecule has 3 aromatic rings. The standard InChI is InChI=1S/C20H19F3N4O2/c1-11-8-15(13-4-3-5-14(9-13)29-2)26-27-16(10-24-18(11)27)19(28)25-17(12-6-7-12)20(21,22)23/h3-5,8-10,12,17H,6-7H2,1-2H3,(H,25,28). The summed E-state index contributed by atoms with van der Waals surface area (Å²) in [5.74, 6) is -0.773. The van der Waals surface area contributed by atoms with Crippen molar-refractivity contribution < 1.29 is 22.7 Å². The van der Waals surface area contributed by atoms with Crippen LogP contribution >= 0.6 is 0 Å². The molecule has 1 amide bonds. The van der Waals surface area contributed by atoms with Crippen LogP contribution in [0.5, 0.6) is 5.75 Å². The van der Waals surface area contributed by atoms with Gasteiger partial charge in [0.2, 0.25) is 0 Å². The fourth-order valence-electron chi connectivity index (χ4n) is 3.31. The van der Waals surface area contributed by atoms with Gasteiger partial charge in [-0.3, -0.25) is 4.79 Å². The van der Waals surface area contributed by atoms with Crippen LogP contribution in [-0.2, 0) is 0 Å². The van der Waals surface area contributed by atoms with E-state index >= 15 is 0 Å². The Morgan fingerprint density at radius 1 is 1.31 bits per heavy atom. The van der Waals surface area contributed by atoms with E-state index in [0.29, 0.717) is 29.9 Å². The Balaban J connectivity index is 1.72. The SMILES string of the molecule is COc1cccc(-c2cc(C)c3ncc(C(=O)NC(C4CC4)C(F)(F)F)n3n2)c1. The van der Waals surface area contributed by atoms with Gasteiger partial charge in [0.25, 0.3) is 5.91 Å². The number of hydrogen-bond donors (Lipinski definition) is 1. The minimum absolute atomic E-state index is 0.0391. The molecule has 0 aliphatic heterocycles. The van der Waals surface area contributed by atoms with Crippen molar-refractivity contribution in [1.29, 1.82) is 0 Å². The summed E-state index contributed by atoms with van der Waals surface area (Å²) in [5.41, 5.74) is 2.42. The second-order valence-corrected chi connectivity index (χ2v) is 7.15. The van der Waals surface area contributed by atoms with Crippen molar-refractivity contribution in [2.24, 2.45) is 5.92 Å². The molecule has 1 atom stereocenters. The number of carbonyl (C=O) groups excluding carboxylic acids is 1. The van der Waals surface area contributed by atoms with E-state index in [4.69, 9.17) is 4.74 Å². The molecule has 0 bridgehead atoms. The zero-order valence-corrected chi connectivity index (χ0v) is 15.8. The number of fused-ring (bicyclic) bond motifs is 1. The molecule has 152 valence electrons. The van der Waals surface area contributed by atoms with Crippen LogP contribution in [0, 0.1) is 12.8 Å². The molecule has 2 aromatic heterocycles. The number of hydrogen-bond acceptors (Lipinski definition) is 4. The number of nitrogens with one attached hydrogen (secondary N) is 1. The van der Waals surface area contributed by atoms with E-state index in [0.717, 1.165) is 11.1 Å². The molecule has 2 heterocycles. The van der Waals surface area contributed by atoms with E-state index in [1.165, 1.54) is 10.7 Å². The number of carbonyl (C=O) groups is 1. The zero-order valence-electron chi connectivity index (χ0n) is 15.8. The monoisotopic (exact) mass is 404 g/mol. The van der Waals surface area contributed by atoms with Crippen LogP contribution in [-0.4, -0.2) is 39.8 Å². The molecule has 1 aliphatic carbocycles. The normalized spacial score (nSPS) is 15.3. The van der Waals surface area contributed by atoms with Gasteiger partial charge in [0.05, 0.1) is 19.0 Å². The first kappa shape index (κ1) is 19.2. The van der Waals surface area contributed by atoms with Gasteiger partial charge in [-0.25, -0.2) is 9.50 Å². The van der Waals surface area contributed by atoms with Crippen molar-refractivity contribution in [3.8, 4) is 17.0 Å². The van der Waals surface area contributed by atoms with Crippen LogP contribution in [0.2, 0.25) is 0 Å². The second kappa shape index (κ2) is 7.06. The summed E-state index contributed by atoms with van der Waals surface area (Å²) in [6.07, 6.45) is -2.34. The van der Waals surface area contributed by atoms with Gasteiger partial charge in [-0.15, -0.1) is 0 Å². The van der Waals surface area contributed by atoms with E-state index in [1.807, 2.05) is 12.1 Å². The molecule has 6 nitrogen and oxygen atoms in total. The smallest absolute Gasteiger partial charge is 0.408 e. The van der Waals surface area contributed by atoms with Crippen LogP contribution in [0.25, 0.3) is 16.9 Å². The molecule has 1 aliphatic rings. The maximum Gasteiger partial charge on any atom is 0.408 e. The van der Waals surface area contributed by atoms with Crippen molar-refractivity contribution in [3.63, 3.8) is 0 Å². The van der Waals surface area contributed by atoms with E-state index in [9.17, 15) is 18.0 Å². The maximum atomic E-state index is 13.3. The number of imidazole rings is 1. The summed E-state index contributed by atoms with van der Waals surface area (Å²) in [4.78, 5) is 16.8. The van der Waals surface area contributed by atoms with E-state index in [2.05, 4.69) is 15.4 Å². The molecule has 0 saturated heterocycles. The highest BCUT2D eigenvalue weighted by Gasteiger charge is 2.49. The van der Waals surface area contributed by atoms with Crippen LogP contribution in [0.4, 0.5) is 13.2 Å². The Hall–Kier alpha value is -3.10. The lowest BCUT2D eigenvalue weighted by Crippen LogP contribution is -2.47. The Bertz CT molecular complexity index is 1070. The molecule has 1 N–H and O–H groups in total. The van der Waals surface area contributed by atoms with Gasteiger partial charge in [-0.1, -0.05) is 12.1 Å². The van der Waals surface area contributed by atoms with Gasteiger partial charge in [-0.05, 0) is 49.4 Å². The van der Waals surface area contributed by atoms with E-state index < -0.39 is 24.0 Å². The third-order valence-electron chi connectivity index (χ3n) is 4.98. The average Bonchev–Trinajstić information content (AvgIpc) is 3.42. The fraction of sp³-hybridized carbons (Fsp3) is 0.350. The second-order valence-electron chi connectivity index (χ2n) is 7.15. The minimum Gasteiger partial charge on any atom is -0.497 e.